The Bertz CT molecular complexity index is 962. The number of ether oxygens (including phenoxy) is 2. The molecule has 2 aromatic carbocycles. The van der Waals surface area contributed by atoms with E-state index < -0.39 is 0 Å². The molecule has 3 aromatic rings. The molecule has 1 aromatic heterocycles. The van der Waals surface area contributed by atoms with Crippen molar-refractivity contribution in [2.45, 2.75) is 6.54 Å². The maximum absolute atomic E-state index is 12.6. The van der Waals surface area contributed by atoms with Crippen molar-refractivity contribution in [3.8, 4) is 21.9 Å². The minimum Gasteiger partial charge on any atom is -0.493 e. The third-order valence-corrected chi connectivity index (χ3v) is 5.23. The number of hydrogen-bond acceptors (Lipinski definition) is 5. The molecule has 0 atom stereocenters. The second-order valence-corrected chi connectivity index (χ2v) is 7.03. The molecule has 0 aliphatic carbocycles. The average Bonchev–Trinajstić information content (AvgIpc) is 2.64. The van der Waals surface area contributed by atoms with Gasteiger partial charge in [-0.2, -0.15) is 0 Å². The van der Waals surface area contributed by atoms with Crippen molar-refractivity contribution in [3.63, 3.8) is 0 Å². The summed E-state index contributed by atoms with van der Waals surface area (Å²) in [6.45, 7) is 0.473. The van der Waals surface area contributed by atoms with E-state index in [-0.39, 0.29) is 5.56 Å². The number of rotatable bonds is 5. The highest BCUT2D eigenvalue weighted by atomic mass is 32.1. The summed E-state index contributed by atoms with van der Waals surface area (Å²) in [4.78, 5) is 13.4. The van der Waals surface area contributed by atoms with Crippen LogP contribution in [0.4, 0.5) is 0 Å². The molecule has 0 radical (unpaired) electrons. The summed E-state index contributed by atoms with van der Waals surface area (Å²) in [7, 11) is 3.17. The molecular weight excluding hydrogens is 354 g/mol. The van der Waals surface area contributed by atoms with Gasteiger partial charge in [-0.15, -0.1) is 11.3 Å². The molecule has 0 N–H and O–H groups in total. The summed E-state index contributed by atoms with van der Waals surface area (Å²) in [5.41, 5.74) is 1.80. The predicted molar refractivity (Wildman–Crippen MR) is 103 cm³/mol. The van der Waals surface area contributed by atoms with Crippen LogP contribution in [0.15, 0.2) is 59.4 Å². The van der Waals surface area contributed by atoms with Gasteiger partial charge in [-0.05, 0) is 41.5 Å². The zero-order valence-electron chi connectivity index (χ0n) is 13.9. The highest BCUT2D eigenvalue weighted by molar-refractivity contribution is 7.73. The van der Waals surface area contributed by atoms with Gasteiger partial charge < -0.3 is 9.47 Å². The molecule has 0 aliphatic rings. The quantitative estimate of drug-likeness (QED) is 0.625. The summed E-state index contributed by atoms with van der Waals surface area (Å²) in [5.74, 6) is 1.26. The molecule has 0 saturated heterocycles. The van der Waals surface area contributed by atoms with Crippen LogP contribution in [-0.2, 0) is 6.54 Å². The fraction of sp³-hybridized carbons (Fsp3) is 0.158. The van der Waals surface area contributed by atoms with Gasteiger partial charge >= 0.3 is 0 Å². The smallest absolute Gasteiger partial charge is 0.253 e. The first-order valence-electron chi connectivity index (χ1n) is 7.63. The summed E-state index contributed by atoms with van der Waals surface area (Å²) in [5, 5.41) is 0. The normalized spacial score (nSPS) is 10.5. The largest absolute Gasteiger partial charge is 0.493 e. The maximum Gasteiger partial charge on any atom is 0.253 e. The van der Waals surface area contributed by atoms with Crippen LogP contribution in [0.25, 0.3) is 10.4 Å². The molecule has 3 rings (SSSR count). The van der Waals surface area contributed by atoms with Gasteiger partial charge in [0, 0.05) is 10.9 Å². The van der Waals surface area contributed by atoms with Crippen LogP contribution in [0.5, 0.6) is 11.5 Å². The molecule has 6 heteroatoms. The van der Waals surface area contributed by atoms with Crippen LogP contribution in [0.2, 0.25) is 0 Å². The van der Waals surface area contributed by atoms with Gasteiger partial charge in [-0.3, -0.25) is 9.36 Å². The molecule has 0 aliphatic heterocycles. The van der Waals surface area contributed by atoms with Crippen LogP contribution in [0, 0.1) is 3.95 Å². The topological polar surface area (TPSA) is 40.5 Å². The Morgan fingerprint density at radius 3 is 2.36 bits per heavy atom. The first-order chi connectivity index (χ1) is 12.1. The monoisotopic (exact) mass is 371 g/mol. The minimum atomic E-state index is -0.114. The van der Waals surface area contributed by atoms with Gasteiger partial charge in [-0.25, -0.2) is 0 Å². The fourth-order valence-corrected chi connectivity index (χ4v) is 3.78. The van der Waals surface area contributed by atoms with Crippen molar-refractivity contribution in [2.24, 2.45) is 0 Å². The molecule has 1 heterocycles. The van der Waals surface area contributed by atoms with E-state index in [0.29, 0.717) is 22.0 Å². The molecule has 0 unspecified atom stereocenters. The number of aromatic nitrogens is 1. The van der Waals surface area contributed by atoms with E-state index in [1.165, 1.54) is 11.3 Å². The third kappa shape index (κ3) is 3.81. The third-order valence-electron chi connectivity index (χ3n) is 3.79. The van der Waals surface area contributed by atoms with E-state index >= 15 is 0 Å². The molecule has 0 fully saturated rings. The Morgan fingerprint density at radius 1 is 1.00 bits per heavy atom. The lowest BCUT2D eigenvalue weighted by Crippen LogP contribution is -2.19. The molecular formula is C19H17NO3S2. The van der Waals surface area contributed by atoms with Crippen LogP contribution >= 0.6 is 23.6 Å². The van der Waals surface area contributed by atoms with E-state index in [1.54, 1.807) is 24.9 Å². The number of methoxy groups -OCH3 is 2. The van der Waals surface area contributed by atoms with Crippen molar-refractivity contribution in [2.75, 3.05) is 14.2 Å². The summed E-state index contributed by atoms with van der Waals surface area (Å²) in [6.07, 6.45) is 0. The van der Waals surface area contributed by atoms with Gasteiger partial charge in [0.05, 0.1) is 20.8 Å². The predicted octanol–water partition coefficient (Wildman–Crippen LogP) is 4.37. The van der Waals surface area contributed by atoms with Crippen LogP contribution in [-0.4, -0.2) is 18.8 Å². The van der Waals surface area contributed by atoms with Gasteiger partial charge in [0.2, 0.25) is 0 Å². The molecule has 25 heavy (non-hydrogen) atoms. The Morgan fingerprint density at radius 2 is 1.72 bits per heavy atom. The zero-order valence-corrected chi connectivity index (χ0v) is 15.5. The van der Waals surface area contributed by atoms with Gasteiger partial charge in [0.1, 0.15) is 0 Å². The zero-order chi connectivity index (χ0) is 17.8. The van der Waals surface area contributed by atoms with E-state index in [9.17, 15) is 4.79 Å². The minimum absolute atomic E-state index is 0.114. The molecule has 4 nitrogen and oxygen atoms in total. The number of hydrogen-bond donors (Lipinski definition) is 0. The second-order valence-electron chi connectivity index (χ2n) is 5.36. The lowest BCUT2D eigenvalue weighted by atomic mass is 10.1. The fourth-order valence-electron chi connectivity index (χ4n) is 2.50. The molecule has 0 bridgehead atoms. The highest BCUT2D eigenvalue weighted by Crippen LogP contribution is 2.33. The van der Waals surface area contributed by atoms with E-state index in [1.807, 2.05) is 48.5 Å². The van der Waals surface area contributed by atoms with Crippen molar-refractivity contribution in [1.82, 2.24) is 4.57 Å². The lowest BCUT2D eigenvalue weighted by Gasteiger charge is -2.10. The Kier molecular flexibility index (Phi) is 5.31. The van der Waals surface area contributed by atoms with Crippen molar-refractivity contribution in [3.05, 3.63) is 74.5 Å². The Labute approximate surface area is 154 Å². The van der Waals surface area contributed by atoms with Crippen molar-refractivity contribution in [1.29, 1.82) is 0 Å². The first-order valence-corrected chi connectivity index (χ1v) is 8.86. The molecule has 0 amide bonds. The number of nitrogens with zero attached hydrogens (tertiary/aromatic N) is 1. The summed E-state index contributed by atoms with van der Waals surface area (Å²) in [6, 6.07) is 17.0. The average molecular weight is 371 g/mol. The Hall–Kier alpha value is -2.44. The van der Waals surface area contributed by atoms with E-state index in [0.717, 1.165) is 16.0 Å². The maximum atomic E-state index is 12.6. The summed E-state index contributed by atoms with van der Waals surface area (Å²) < 4.78 is 12.7. The standard InChI is InChI=1S/C19H17NO3S2/c1-22-15-9-8-14(10-16(15)23-2)17-11-18(21)20(19(24)25-17)12-13-6-4-3-5-7-13/h3-11H,12H2,1-2H3. The van der Waals surface area contributed by atoms with Gasteiger partial charge in [0.15, 0.2) is 15.5 Å². The van der Waals surface area contributed by atoms with Gasteiger partial charge in [-0.1, -0.05) is 30.3 Å². The molecule has 0 spiro atoms. The number of benzene rings is 2. The highest BCUT2D eigenvalue weighted by Gasteiger charge is 2.10. The Balaban J connectivity index is 2.00. The second kappa shape index (κ2) is 7.63. The lowest BCUT2D eigenvalue weighted by molar-refractivity contribution is 0.355. The summed E-state index contributed by atoms with van der Waals surface area (Å²) >= 11 is 6.87. The van der Waals surface area contributed by atoms with Gasteiger partial charge in [0.25, 0.3) is 5.56 Å². The van der Waals surface area contributed by atoms with Crippen LogP contribution in [0.3, 0.4) is 0 Å². The molecule has 0 saturated carbocycles. The van der Waals surface area contributed by atoms with E-state index in [2.05, 4.69) is 0 Å². The first kappa shape index (κ1) is 17.4. The van der Waals surface area contributed by atoms with Crippen LogP contribution in [0.1, 0.15) is 5.56 Å². The van der Waals surface area contributed by atoms with Crippen molar-refractivity contribution < 1.29 is 9.47 Å². The van der Waals surface area contributed by atoms with Crippen molar-refractivity contribution >= 4 is 23.6 Å². The van der Waals surface area contributed by atoms with E-state index in [4.69, 9.17) is 21.7 Å². The molecule has 128 valence electrons. The SMILES string of the molecule is COc1ccc(-c2cc(=O)n(Cc3ccccc3)c(=S)s2)cc1OC. The van der Waals surface area contributed by atoms with Crippen LogP contribution < -0.4 is 15.0 Å².